The Morgan fingerprint density at radius 2 is 2.07 bits per heavy atom. The first kappa shape index (κ1) is 13.4. The predicted molar refractivity (Wildman–Crippen MR) is 56.4 cm³/mol. The van der Waals surface area contributed by atoms with Gasteiger partial charge in [0, 0.05) is 5.57 Å². The smallest absolute Gasteiger partial charge is 0.335 e. The first-order valence-electron chi connectivity index (χ1n) is 4.76. The second kappa shape index (κ2) is 6.81. The molecule has 4 heteroatoms. The van der Waals surface area contributed by atoms with Gasteiger partial charge in [0.05, 0.1) is 12.2 Å². The summed E-state index contributed by atoms with van der Waals surface area (Å²) in [5.41, 5.74) is 0.124. The van der Waals surface area contributed by atoms with Gasteiger partial charge in [-0.05, 0) is 19.4 Å². The van der Waals surface area contributed by atoms with Crippen LogP contribution in [0.15, 0.2) is 23.8 Å². The van der Waals surface area contributed by atoms with Crippen LogP contribution in [-0.2, 0) is 14.3 Å². The van der Waals surface area contributed by atoms with Crippen molar-refractivity contribution >= 4 is 11.9 Å². The molecule has 0 amide bonds. The Balaban J connectivity index is 4.19. The fraction of sp³-hybridized carbons (Fsp3) is 0.455. The van der Waals surface area contributed by atoms with E-state index in [1.807, 2.05) is 6.92 Å². The molecule has 0 bridgehead atoms. The molecule has 0 fully saturated rings. The maximum atomic E-state index is 11.3. The van der Waals surface area contributed by atoms with E-state index in [0.717, 1.165) is 12.8 Å². The maximum absolute atomic E-state index is 11.3. The number of rotatable bonds is 6. The van der Waals surface area contributed by atoms with E-state index in [4.69, 9.17) is 9.84 Å². The van der Waals surface area contributed by atoms with Gasteiger partial charge in [0.15, 0.2) is 0 Å². The minimum Gasteiger partial charge on any atom is -0.478 e. The summed E-state index contributed by atoms with van der Waals surface area (Å²) in [5, 5.41) is 8.53. The molecule has 0 heterocycles. The van der Waals surface area contributed by atoms with Gasteiger partial charge < -0.3 is 9.84 Å². The molecule has 1 N–H and O–H groups in total. The van der Waals surface area contributed by atoms with Crippen LogP contribution in [0.5, 0.6) is 0 Å². The van der Waals surface area contributed by atoms with Crippen LogP contribution in [0.4, 0.5) is 0 Å². The predicted octanol–water partition coefficient (Wildman–Crippen LogP) is 1.92. The van der Waals surface area contributed by atoms with Crippen LogP contribution in [0.3, 0.4) is 0 Å². The molecule has 84 valence electrons. The third-order valence-electron chi connectivity index (χ3n) is 1.72. The second-order valence-corrected chi connectivity index (χ2v) is 3.15. The number of hydrogen-bond donors (Lipinski definition) is 1. The van der Waals surface area contributed by atoms with E-state index in [-0.39, 0.29) is 11.1 Å². The minimum atomic E-state index is -1.14. The first-order valence-corrected chi connectivity index (χ1v) is 4.76. The summed E-state index contributed by atoms with van der Waals surface area (Å²) in [6.07, 6.45) is 2.95. The van der Waals surface area contributed by atoms with Crippen LogP contribution in [0.1, 0.15) is 26.7 Å². The quantitative estimate of drug-likeness (QED) is 0.316. The third-order valence-corrected chi connectivity index (χ3v) is 1.72. The van der Waals surface area contributed by atoms with Crippen molar-refractivity contribution in [2.24, 2.45) is 0 Å². The van der Waals surface area contributed by atoms with Gasteiger partial charge in [0.1, 0.15) is 0 Å². The van der Waals surface area contributed by atoms with Crippen LogP contribution in [-0.4, -0.2) is 23.7 Å². The molecule has 0 saturated heterocycles. The van der Waals surface area contributed by atoms with E-state index < -0.39 is 11.9 Å². The number of carbonyl (C=O) groups excluding carboxylic acids is 1. The lowest BCUT2D eigenvalue weighted by molar-refractivity contribution is -0.139. The van der Waals surface area contributed by atoms with Crippen molar-refractivity contribution in [3.63, 3.8) is 0 Å². The molecule has 0 spiro atoms. The van der Waals surface area contributed by atoms with Gasteiger partial charge in [-0.1, -0.05) is 19.9 Å². The Kier molecular flexibility index (Phi) is 6.09. The number of hydrogen-bond acceptors (Lipinski definition) is 3. The van der Waals surface area contributed by atoms with Crippen LogP contribution < -0.4 is 0 Å². The zero-order valence-corrected chi connectivity index (χ0v) is 9.08. The van der Waals surface area contributed by atoms with E-state index in [0.29, 0.717) is 6.61 Å². The monoisotopic (exact) mass is 212 g/mol. The van der Waals surface area contributed by atoms with Gasteiger partial charge in [0.2, 0.25) is 0 Å². The summed E-state index contributed by atoms with van der Waals surface area (Å²) in [6.45, 7) is 7.14. The fourth-order valence-electron chi connectivity index (χ4n) is 0.805. The lowest BCUT2D eigenvalue weighted by Crippen LogP contribution is -2.08. The highest BCUT2D eigenvalue weighted by Gasteiger charge is 2.08. The molecular weight excluding hydrogens is 196 g/mol. The van der Waals surface area contributed by atoms with Crippen LogP contribution in [0.25, 0.3) is 0 Å². The van der Waals surface area contributed by atoms with E-state index in [9.17, 15) is 9.59 Å². The van der Waals surface area contributed by atoms with E-state index >= 15 is 0 Å². The molecular formula is C11H16O4. The largest absolute Gasteiger partial charge is 0.478 e. The number of esters is 1. The summed E-state index contributed by atoms with van der Waals surface area (Å²) < 4.78 is 4.88. The highest BCUT2D eigenvalue weighted by Crippen LogP contribution is 2.03. The van der Waals surface area contributed by atoms with E-state index in [2.05, 4.69) is 6.58 Å². The number of carboxylic acid groups (broad SMARTS) is 1. The standard InChI is InChI=1S/C11H16O4/c1-4-5-6-15-11(14)9(3)7-8(2)10(12)13/h7H,2,4-6H2,1,3H3,(H,12,13)/b9-7+. The Morgan fingerprint density at radius 3 is 2.53 bits per heavy atom. The third kappa shape index (κ3) is 5.67. The van der Waals surface area contributed by atoms with Crippen molar-refractivity contribution in [3.8, 4) is 0 Å². The lowest BCUT2D eigenvalue weighted by atomic mass is 10.2. The molecule has 0 unspecified atom stereocenters. The van der Waals surface area contributed by atoms with Gasteiger partial charge in [-0.25, -0.2) is 9.59 Å². The molecule has 0 aromatic heterocycles. The number of aliphatic carboxylic acids is 1. The van der Waals surface area contributed by atoms with Crippen molar-refractivity contribution in [1.82, 2.24) is 0 Å². The van der Waals surface area contributed by atoms with E-state index in [1.165, 1.54) is 13.0 Å². The molecule has 0 aliphatic heterocycles. The molecule has 0 aliphatic carbocycles. The molecule has 0 aromatic rings. The number of carboxylic acids is 1. The van der Waals surface area contributed by atoms with Gasteiger partial charge in [-0.2, -0.15) is 0 Å². The van der Waals surface area contributed by atoms with Crippen LogP contribution >= 0.6 is 0 Å². The highest BCUT2D eigenvalue weighted by atomic mass is 16.5. The summed E-state index contributed by atoms with van der Waals surface area (Å²) in [6, 6.07) is 0. The van der Waals surface area contributed by atoms with Crippen molar-refractivity contribution in [2.75, 3.05) is 6.61 Å². The number of carbonyl (C=O) groups is 2. The van der Waals surface area contributed by atoms with Gasteiger partial charge in [-0.3, -0.25) is 0 Å². The molecule has 0 rings (SSSR count). The summed E-state index contributed by atoms with van der Waals surface area (Å²) in [7, 11) is 0. The Morgan fingerprint density at radius 1 is 1.47 bits per heavy atom. The number of ether oxygens (including phenoxy) is 1. The minimum absolute atomic E-state index is 0.125. The topological polar surface area (TPSA) is 63.6 Å². The van der Waals surface area contributed by atoms with Crippen LogP contribution in [0, 0.1) is 0 Å². The Hall–Kier alpha value is -1.58. The second-order valence-electron chi connectivity index (χ2n) is 3.15. The van der Waals surface area contributed by atoms with Crippen molar-refractivity contribution < 1.29 is 19.4 Å². The summed E-state index contributed by atoms with van der Waals surface area (Å²) in [5.74, 6) is -1.64. The maximum Gasteiger partial charge on any atom is 0.335 e. The van der Waals surface area contributed by atoms with Gasteiger partial charge >= 0.3 is 11.9 Å². The van der Waals surface area contributed by atoms with Crippen LogP contribution in [0.2, 0.25) is 0 Å². The molecule has 0 aliphatic rings. The Bertz CT molecular complexity index is 289. The number of unbranched alkanes of at least 4 members (excludes halogenated alkanes) is 1. The van der Waals surface area contributed by atoms with Crippen molar-refractivity contribution in [3.05, 3.63) is 23.8 Å². The molecule has 0 aromatic carbocycles. The first-order chi connectivity index (χ1) is 6.99. The summed E-state index contributed by atoms with van der Waals surface area (Å²) in [4.78, 5) is 21.7. The molecule has 4 nitrogen and oxygen atoms in total. The van der Waals surface area contributed by atoms with Gasteiger partial charge in [-0.15, -0.1) is 0 Å². The van der Waals surface area contributed by atoms with Crippen molar-refractivity contribution in [1.29, 1.82) is 0 Å². The SMILES string of the molecule is C=C(/C=C(\C)C(=O)OCCCC)C(=O)O. The normalized spacial score (nSPS) is 10.9. The Labute approximate surface area is 89.2 Å². The zero-order chi connectivity index (χ0) is 11.8. The fourth-order valence-corrected chi connectivity index (χ4v) is 0.805. The average Bonchev–Trinajstić information content (AvgIpc) is 2.17. The zero-order valence-electron chi connectivity index (χ0n) is 9.08. The van der Waals surface area contributed by atoms with Crippen molar-refractivity contribution in [2.45, 2.75) is 26.7 Å². The summed E-state index contributed by atoms with van der Waals surface area (Å²) >= 11 is 0. The molecule has 0 atom stereocenters. The molecule has 0 radical (unpaired) electrons. The lowest BCUT2D eigenvalue weighted by Gasteiger charge is -2.03. The average molecular weight is 212 g/mol. The molecule has 15 heavy (non-hydrogen) atoms. The van der Waals surface area contributed by atoms with E-state index in [1.54, 1.807) is 0 Å². The highest BCUT2D eigenvalue weighted by molar-refractivity contribution is 5.94. The van der Waals surface area contributed by atoms with Gasteiger partial charge in [0.25, 0.3) is 0 Å². The molecule has 0 saturated carbocycles.